The summed E-state index contributed by atoms with van der Waals surface area (Å²) in [4.78, 5) is 26.9. The van der Waals surface area contributed by atoms with Crippen LogP contribution in [0.5, 0.6) is 11.6 Å². The fourth-order valence-electron chi connectivity index (χ4n) is 3.15. The lowest BCUT2D eigenvalue weighted by molar-refractivity contribution is -0.132. The molecule has 1 N–H and O–H groups in total. The highest BCUT2D eigenvalue weighted by Crippen LogP contribution is 2.29. The molecule has 0 aliphatic heterocycles. The molecular weight excluding hydrogens is 396 g/mol. The predicted molar refractivity (Wildman–Crippen MR) is 113 cm³/mol. The molecular formula is C24H20N2O5. The number of aromatic amines is 1. The summed E-state index contributed by atoms with van der Waals surface area (Å²) in [7, 11) is 0. The third-order valence-electron chi connectivity index (χ3n) is 4.64. The van der Waals surface area contributed by atoms with Crippen LogP contribution >= 0.6 is 0 Å². The van der Waals surface area contributed by atoms with Gasteiger partial charge in [0.25, 0.3) is 0 Å². The van der Waals surface area contributed by atoms with Crippen LogP contribution in [0.15, 0.2) is 71.4 Å². The smallest absolute Gasteiger partial charge is 0.309 e. The maximum absolute atomic E-state index is 13.1. The number of hydrogen-bond acceptors (Lipinski definition) is 6. The number of nitrogens with zero attached hydrogens (tertiary/aromatic N) is 1. The molecule has 2 aromatic heterocycles. The minimum absolute atomic E-state index is 0.200. The van der Waals surface area contributed by atoms with Crippen LogP contribution in [0.1, 0.15) is 34.2 Å². The lowest BCUT2D eigenvalue weighted by Crippen LogP contribution is -2.03. The summed E-state index contributed by atoms with van der Waals surface area (Å²) >= 11 is 0. The molecule has 7 heteroatoms. The van der Waals surface area contributed by atoms with Crippen molar-refractivity contribution in [2.45, 2.75) is 20.5 Å². The minimum atomic E-state index is -0.475. The highest BCUT2D eigenvalue weighted by atomic mass is 16.5. The predicted octanol–water partition coefficient (Wildman–Crippen LogP) is 4.71. The van der Waals surface area contributed by atoms with Gasteiger partial charge in [-0.2, -0.15) is 0 Å². The molecule has 0 amide bonds. The van der Waals surface area contributed by atoms with Crippen molar-refractivity contribution in [2.75, 3.05) is 0 Å². The topological polar surface area (TPSA) is 94.4 Å². The van der Waals surface area contributed by atoms with E-state index in [1.54, 1.807) is 6.92 Å². The third kappa shape index (κ3) is 4.56. The van der Waals surface area contributed by atoms with Crippen LogP contribution in [-0.2, 0) is 11.4 Å². The Hall–Kier alpha value is -4.13. The normalized spacial score (nSPS) is 10.6. The standard InChI is InChI=1S/C24H20N2O5/c1-15-22(24(28)19-12-21(25-13-19)30-16(2)27)23(26-31-15)18-8-10-20(11-9-18)29-14-17-6-4-3-5-7-17/h3-13,25H,14H2,1-2H3. The van der Waals surface area contributed by atoms with Gasteiger partial charge in [-0.1, -0.05) is 35.5 Å². The number of ketones is 1. The Balaban J connectivity index is 1.53. The van der Waals surface area contributed by atoms with Crippen molar-refractivity contribution in [3.8, 4) is 22.9 Å². The molecule has 0 unspecified atom stereocenters. The number of nitrogens with one attached hydrogen (secondary N) is 1. The van der Waals surface area contributed by atoms with Gasteiger partial charge >= 0.3 is 5.97 Å². The first kappa shape index (κ1) is 20.2. The highest BCUT2D eigenvalue weighted by Gasteiger charge is 2.24. The highest BCUT2D eigenvalue weighted by molar-refractivity contribution is 6.13. The first-order valence-corrected chi connectivity index (χ1v) is 9.66. The first-order chi connectivity index (χ1) is 15.0. The Labute approximate surface area is 178 Å². The maximum atomic E-state index is 13.1. The average Bonchev–Trinajstić information content (AvgIpc) is 3.39. The summed E-state index contributed by atoms with van der Waals surface area (Å²) in [5, 5.41) is 4.08. The Bertz CT molecular complexity index is 1210. The van der Waals surface area contributed by atoms with E-state index in [-0.39, 0.29) is 11.7 Å². The van der Waals surface area contributed by atoms with Crippen LogP contribution in [0.4, 0.5) is 0 Å². The van der Waals surface area contributed by atoms with Crippen LogP contribution in [0.2, 0.25) is 0 Å². The molecule has 0 atom stereocenters. The molecule has 0 aliphatic carbocycles. The second kappa shape index (κ2) is 8.71. The zero-order chi connectivity index (χ0) is 21.8. The second-order valence-corrected chi connectivity index (χ2v) is 6.94. The van der Waals surface area contributed by atoms with E-state index in [0.717, 1.165) is 11.1 Å². The van der Waals surface area contributed by atoms with Gasteiger partial charge in [0.1, 0.15) is 23.8 Å². The van der Waals surface area contributed by atoms with Gasteiger partial charge in [0, 0.05) is 30.3 Å². The van der Waals surface area contributed by atoms with E-state index in [0.29, 0.717) is 34.9 Å². The second-order valence-electron chi connectivity index (χ2n) is 6.94. The van der Waals surface area contributed by atoms with Gasteiger partial charge in [0.15, 0.2) is 0 Å². The minimum Gasteiger partial charge on any atom is -0.489 e. The van der Waals surface area contributed by atoms with Gasteiger partial charge in [-0.05, 0) is 36.8 Å². The summed E-state index contributed by atoms with van der Waals surface area (Å²) < 4.78 is 16.1. The number of ether oxygens (including phenoxy) is 2. The zero-order valence-corrected chi connectivity index (χ0v) is 17.0. The van der Waals surface area contributed by atoms with Crippen LogP contribution < -0.4 is 9.47 Å². The molecule has 0 bridgehead atoms. The van der Waals surface area contributed by atoms with Crippen LogP contribution in [0.25, 0.3) is 11.3 Å². The van der Waals surface area contributed by atoms with Crippen molar-refractivity contribution < 1.29 is 23.6 Å². The molecule has 4 aromatic rings. The Morgan fingerprint density at radius 3 is 2.52 bits per heavy atom. The Kier molecular flexibility index (Phi) is 5.66. The van der Waals surface area contributed by atoms with Crippen molar-refractivity contribution in [3.05, 3.63) is 89.3 Å². The summed E-state index contributed by atoms with van der Waals surface area (Å²) in [6, 6.07) is 18.7. The average molecular weight is 416 g/mol. The third-order valence-corrected chi connectivity index (χ3v) is 4.64. The number of rotatable bonds is 7. The molecule has 0 fully saturated rings. The number of aromatic nitrogens is 2. The number of carbonyl (C=O) groups excluding carboxylic acids is 2. The van der Waals surface area contributed by atoms with E-state index in [4.69, 9.17) is 14.0 Å². The van der Waals surface area contributed by atoms with Gasteiger partial charge in [0.05, 0.1) is 5.56 Å². The number of H-pyrrole nitrogens is 1. The van der Waals surface area contributed by atoms with Gasteiger partial charge in [0.2, 0.25) is 11.7 Å². The maximum Gasteiger partial charge on any atom is 0.309 e. The molecule has 7 nitrogen and oxygen atoms in total. The molecule has 0 spiro atoms. The summed E-state index contributed by atoms with van der Waals surface area (Å²) in [5.41, 5.74) is 2.93. The fourth-order valence-corrected chi connectivity index (χ4v) is 3.15. The lowest BCUT2D eigenvalue weighted by atomic mass is 10.00. The fraction of sp³-hybridized carbons (Fsp3) is 0.125. The largest absolute Gasteiger partial charge is 0.489 e. The van der Waals surface area contributed by atoms with E-state index in [1.165, 1.54) is 19.2 Å². The molecule has 156 valence electrons. The quantitative estimate of drug-likeness (QED) is 0.346. The van der Waals surface area contributed by atoms with Crippen molar-refractivity contribution in [2.24, 2.45) is 0 Å². The monoisotopic (exact) mass is 416 g/mol. The van der Waals surface area contributed by atoms with E-state index >= 15 is 0 Å². The Morgan fingerprint density at radius 2 is 1.81 bits per heavy atom. The van der Waals surface area contributed by atoms with Gasteiger partial charge in [-0.15, -0.1) is 0 Å². The van der Waals surface area contributed by atoms with E-state index in [9.17, 15) is 9.59 Å². The van der Waals surface area contributed by atoms with Crippen LogP contribution in [0.3, 0.4) is 0 Å². The van der Waals surface area contributed by atoms with E-state index < -0.39 is 5.97 Å². The first-order valence-electron chi connectivity index (χ1n) is 9.66. The molecule has 4 rings (SSSR count). The Morgan fingerprint density at radius 1 is 1.06 bits per heavy atom. The molecule has 0 saturated heterocycles. The molecule has 2 heterocycles. The lowest BCUT2D eigenvalue weighted by Gasteiger charge is -2.07. The number of aryl methyl sites for hydroxylation is 1. The number of benzene rings is 2. The SMILES string of the molecule is CC(=O)Oc1cc(C(=O)c2c(-c3ccc(OCc4ccccc4)cc3)noc2C)c[nH]1. The molecule has 0 aliphatic rings. The van der Waals surface area contributed by atoms with Crippen molar-refractivity contribution >= 4 is 11.8 Å². The van der Waals surface area contributed by atoms with Gasteiger partial charge < -0.3 is 19.0 Å². The molecule has 0 saturated carbocycles. The molecule has 0 radical (unpaired) electrons. The van der Waals surface area contributed by atoms with Gasteiger partial charge in [-0.25, -0.2) is 0 Å². The molecule has 31 heavy (non-hydrogen) atoms. The number of esters is 1. The van der Waals surface area contributed by atoms with Crippen LogP contribution in [0, 0.1) is 6.92 Å². The van der Waals surface area contributed by atoms with Crippen molar-refractivity contribution in [1.82, 2.24) is 10.1 Å². The summed E-state index contributed by atoms with van der Waals surface area (Å²) in [6.45, 7) is 3.43. The van der Waals surface area contributed by atoms with Crippen molar-refractivity contribution in [3.63, 3.8) is 0 Å². The van der Waals surface area contributed by atoms with Crippen molar-refractivity contribution in [1.29, 1.82) is 0 Å². The van der Waals surface area contributed by atoms with Crippen LogP contribution in [-0.4, -0.2) is 21.9 Å². The summed E-state index contributed by atoms with van der Waals surface area (Å²) in [6.07, 6.45) is 1.48. The summed E-state index contributed by atoms with van der Waals surface area (Å²) in [5.74, 6) is 0.550. The van der Waals surface area contributed by atoms with E-state index in [2.05, 4.69) is 10.1 Å². The van der Waals surface area contributed by atoms with E-state index in [1.807, 2.05) is 54.6 Å². The number of hydrogen-bond donors (Lipinski definition) is 1. The molecule has 2 aromatic carbocycles. The van der Waals surface area contributed by atoms with Gasteiger partial charge in [-0.3, -0.25) is 9.59 Å². The zero-order valence-electron chi connectivity index (χ0n) is 17.0. The number of carbonyl (C=O) groups is 2.